The number of rotatable bonds is 5. The normalized spacial score (nSPS) is 12.9. The molecule has 0 aliphatic carbocycles. The van der Waals surface area contributed by atoms with Gasteiger partial charge in [0.25, 0.3) is 0 Å². The van der Waals surface area contributed by atoms with Crippen LogP contribution < -0.4 is 4.74 Å². The van der Waals surface area contributed by atoms with Gasteiger partial charge in [0, 0.05) is 16.8 Å². The van der Waals surface area contributed by atoms with Crippen molar-refractivity contribution in [2.75, 3.05) is 12.9 Å². The Bertz CT molecular complexity index is 728. The van der Waals surface area contributed by atoms with E-state index in [1.54, 1.807) is 36.4 Å². The van der Waals surface area contributed by atoms with Crippen molar-refractivity contribution in [2.24, 2.45) is 0 Å². The van der Waals surface area contributed by atoms with E-state index < -0.39 is 15.9 Å². The molecule has 1 atom stereocenters. The maximum absolute atomic E-state index is 11.5. The minimum Gasteiger partial charge on any atom is -0.490 e. The first-order chi connectivity index (χ1) is 9.88. The van der Waals surface area contributed by atoms with E-state index in [0.29, 0.717) is 16.3 Å². The zero-order chi connectivity index (χ0) is 15.5. The Hall–Kier alpha value is -1.56. The lowest BCUT2D eigenvalue weighted by Gasteiger charge is -2.14. The van der Waals surface area contributed by atoms with E-state index in [-0.39, 0.29) is 11.5 Å². The van der Waals surface area contributed by atoms with Gasteiger partial charge in [0.2, 0.25) is 0 Å². The molecule has 4 nitrogen and oxygen atoms in total. The van der Waals surface area contributed by atoms with Gasteiger partial charge in [0.15, 0.2) is 9.84 Å². The number of aliphatic hydroxyl groups is 1. The highest BCUT2D eigenvalue weighted by molar-refractivity contribution is 7.90. The zero-order valence-electron chi connectivity index (χ0n) is 11.4. The summed E-state index contributed by atoms with van der Waals surface area (Å²) in [7, 11) is -3.29. The second kappa shape index (κ2) is 6.47. The van der Waals surface area contributed by atoms with Gasteiger partial charge in [-0.25, -0.2) is 8.42 Å². The van der Waals surface area contributed by atoms with Crippen molar-refractivity contribution in [1.82, 2.24) is 0 Å². The maximum Gasteiger partial charge on any atom is 0.175 e. The van der Waals surface area contributed by atoms with Gasteiger partial charge in [0.1, 0.15) is 18.5 Å². The number of hydrogen-bond acceptors (Lipinski definition) is 4. The predicted molar refractivity (Wildman–Crippen MR) is 81.5 cm³/mol. The lowest BCUT2D eigenvalue weighted by atomic mass is 10.1. The van der Waals surface area contributed by atoms with Gasteiger partial charge >= 0.3 is 0 Å². The standard InChI is InChI=1S/C15H15ClO4S/c1-21(18,19)12-6-4-5-11(9-12)20-10-15(17)13-7-2-3-8-14(13)16/h2-9,15,17H,10H2,1H3. The zero-order valence-corrected chi connectivity index (χ0v) is 12.9. The molecule has 0 aliphatic rings. The molecule has 0 amide bonds. The van der Waals surface area contributed by atoms with Gasteiger partial charge in [-0.2, -0.15) is 0 Å². The van der Waals surface area contributed by atoms with Crippen LogP contribution in [0.5, 0.6) is 5.75 Å². The Kier molecular flexibility index (Phi) is 4.88. The van der Waals surface area contributed by atoms with Crippen molar-refractivity contribution < 1.29 is 18.3 Å². The first-order valence-corrected chi connectivity index (χ1v) is 8.50. The molecular weight excluding hydrogens is 312 g/mol. The molecule has 1 N–H and O–H groups in total. The minimum atomic E-state index is -3.29. The van der Waals surface area contributed by atoms with E-state index in [0.717, 1.165) is 6.26 Å². The van der Waals surface area contributed by atoms with Crippen molar-refractivity contribution >= 4 is 21.4 Å². The van der Waals surface area contributed by atoms with Crippen molar-refractivity contribution in [3.8, 4) is 5.75 Å². The quantitative estimate of drug-likeness (QED) is 0.917. The smallest absolute Gasteiger partial charge is 0.175 e. The van der Waals surface area contributed by atoms with Gasteiger partial charge in [0.05, 0.1) is 4.90 Å². The van der Waals surface area contributed by atoms with Crippen LogP contribution in [0.25, 0.3) is 0 Å². The summed E-state index contributed by atoms with van der Waals surface area (Å²) in [5.41, 5.74) is 0.568. The van der Waals surface area contributed by atoms with Crippen LogP contribution in [0.4, 0.5) is 0 Å². The van der Waals surface area contributed by atoms with E-state index >= 15 is 0 Å². The molecule has 21 heavy (non-hydrogen) atoms. The third-order valence-electron chi connectivity index (χ3n) is 2.91. The Morgan fingerprint density at radius 2 is 1.90 bits per heavy atom. The fourth-order valence-corrected chi connectivity index (χ4v) is 2.72. The Balaban J connectivity index is 2.09. The molecule has 2 aromatic rings. The SMILES string of the molecule is CS(=O)(=O)c1cccc(OCC(O)c2ccccc2Cl)c1. The monoisotopic (exact) mass is 326 g/mol. The summed E-state index contributed by atoms with van der Waals surface area (Å²) < 4.78 is 28.4. The van der Waals surface area contributed by atoms with Crippen LogP contribution in [0.1, 0.15) is 11.7 Å². The van der Waals surface area contributed by atoms with Gasteiger partial charge in [-0.05, 0) is 24.3 Å². The molecule has 2 aromatic carbocycles. The number of halogens is 1. The molecule has 0 fully saturated rings. The Labute approximate surface area is 128 Å². The highest BCUT2D eigenvalue weighted by Gasteiger charge is 2.13. The fraction of sp³-hybridized carbons (Fsp3) is 0.200. The highest BCUT2D eigenvalue weighted by atomic mass is 35.5. The molecule has 6 heteroatoms. The summed E-state index contributed by atoms with van der Waals surface area (Å²) in [6, 6.07) is 13.1. The molecule has 0 bridgehead atoms. The minimum absolute atomic E-state index is 0.0169. The largest absolute Gasteiger partial charge is 0.490 e. The molecule has 0 aromatic heterocycles. The first-order valence-electron chi connectivity index (χ1n) is 6.23. The van der Waals surface area contributed by atoms with E-state index in [9.17, 15) is 13.5 Å². The van der Waals surface area contributed by atoms with Crippen molar-refractivity contribution in [2.45, 2.75) is 11.0 Å². The van der Waals surface area contributed by atoms with Crippen LogP contribution in [0.15, 0.2) is 53.4 Å². The van der Waals surface area contributed by atoms with Gasteiger partial charge < -0.3 is 9.84 Å². The molecule has 0 aliphatic heterocycles. The molecular formula is C15H15ClO4S. The first kappa shape index (κ1) is 15.8. The van der Waals surface area contributed by atoms with Crippen molar-refractivity contribution in [1.29, 1.82) is 0 Å². The average molecular weight is 327 g/mol. The third-order valence-corrected chi connectivity index (χ3v) is 4.36. The van der Waals surface area contributed by atoms with Crippen LogP contribution >= 0.6 is 11.6 Å². The number of hydrogen-bond donors (Lipinski definition) is 1. The molecule has 0 spiro atoms. The lowest BCUT2D eigenvalue weighted by molar-refractivity contribution is 0.108. The summed E-state index contributed by atoms with van der Waals surface area (Å²) in [5, 5.41) is 10.5. The summed E-state index contributed by atoms with van der Waals surface area (Å²) in [6.07, 6.45) is 0.241. The fourth-order valence-electron chi connectivity index (χ4n) is 1.80. The summed E-state index contributed by atoms with van der Waals surface area (Å²) >= 11 is 5.99. The number of aliphatic hydroxyl groups excluding tert-OH is 1. The second-order valence-electron chi connectivity index (χ2n) is 4.60. The number of sulfone groups is 1. The highest BCUT2D eigenvalue weighted by Crippen LogP contribution is 2.24. The lowest BCUT2D eigenvalue weighted by Crippen LogP contribution is -2.10. The molecule has 0 heterocycles. The van der Waals surface area contributed by atoms with Crippen LogP contribution in [-0.2, 0) is 9.84 Å². The van der Waals surface area contributed by atoms with Crippen LogP contribution in [0.3, 0.4) is 0 Å². The summed E-state index contributed by atoms with van der Waals surface area (Å²) in [4.78, 5) is 0.173. The topological polar surface area (TPSA) is 63.6 Å². The molecule has 0 saturated heterocycles. The number of benzene rings is 2. The molecule has 0 saturated carbocycles. The maximum atomic E-state index is 11.5. The van der Waals surface area contributed by atoms with Crippen LogP contribution in [-0.4, -0.2) is 26.4 Å². The van der Waals surface area contributed by atoms with E-state index in [4.69, 9.17) is 16.3 Å². The second-order valence-corrected chi connectivity index (χ2v) is 7.02. The molecule has 2 rings (SSSR count). The van der Waals surface area contributed by atoms with E-state index in [1.165, 1.54) is 12.1 Å². The summed E-state index contributed by atoms with van der Waals surface area (Å²) in [5.74, 6) is 0.379. The van der Waals surface area contributed by atoms with Crippen LogP contribution in [0.2, 0.25) is 5.02 Å². The van der Waals surface area contributed by atoms with E-state index in [2.05, 4.69) is 0 Å². The molecule has 0 radical (unpaired) electrons. The van der Waals surface area contributed by atoms with Crippen molar-refractivity contribution in [3.63, 3.8) is 0 Å². The van der Waals surface area contributed by atoms with Gasteiger partial charge in [-0.1, -0.05) is 35.9 Å². The van der Waals surface area contributed by atoms with Crippen molar-refractivity contribution in [3.05, 3.63) is 59.1 Å². The van der Waals surface area contributed by atoms with Crippen LogP contribution in [0, 0.1) is 0 Å². The summed E-state index contributed by atoms with van der Waals surface area (Å²) in [6.45, 7) is -0.0169. The Morgan fingerprint density at radius 3 is 2.57 bits per heavy atom. The number of ether oxygens (including phenoxy) is 1. The van der Waals surface area contributed by atoms with Gasteiger partial charge in [-0.3, -0.25) is 0 Å². The average Bonchev–Trinajstić information content (AvgIpc) is 2.45. The third kappa shape index (κ3) is 4.20. The van der Waals surface area contributed by atoms with Gasteiger partial charge in [-0.15, -0.1) is 0 Å². The predicted octanol–water partition coefficient (Wildman–Crippen LogP) is 2.86. The molecule has 112 valence electrons. The Morgan fingerprint density at radius 1 is 1.19 bits per heavy atom. The molecule has 1 unspecified atom stereocenters. The van der Waals surface area contributed by atoms with E-state index in [1.807, 2.05) is 0 Å².